The number of nitrogens with zero attached hydrogens (tertiary/aromatic N) is 2. The zero-order valence-corrected chi connectivity index (χ0v) is 16.0. The molecule has 0 aliphatic heterocycles. The standard InChI is InChI=1S/C18H25ClN2S2/c1-2-3-4-5-12-22-18(13-21-11-10-20-15-21)14-23-17-8-6-16(19)7-9-17/h6-11,15,18H,2-5,12-14H2,1H3. The summed E-state index contributed by atoms with van der Waals surface area (Å²) >= 11 is 9.97. The Labute approximate surface area is 153 Å². The van der Waals surface area contributed by atoms with E-state index in [0.717, 1.165) is 17.3 Å². The number of rotatable bonds is 11. The molecular formula is C18H25ClN2S2. The zero-order valence-electron chi connectivity index (χ0n) is 13.7. The van der Waals surface area contributed by atoms with E-state index in [0.29, 0.717) is 5.25 Å². The van der Waals surface area contributed by atoms with Gasteiger partial charge in [-0.1, -0.05) is 37.8 Å². The molecule has 2 rings (SSSR count). The Balaban J connectivity index is 1.80. The van der Waals surface area contributed by atoms with Gasteiger partial charge in [0.2, 0.25) is 0 Å². The molecule has 0 aliphatic carbocycles. The molecule has 2 aromatic rings. The lowest BCUT2D eigenvalue weighted by Gasteiger charge is -2.17. The van der Waals surface area contributed by atoms with Crippen LogP contribution >= 0.6 is 35.1 Å². The molecule has 0 fully saturated rings. The van der Waals surface area contributed by atoms with E-state index in [2.05, 4.69) is 46.6 Å². The van der Waals surface area contributed by atoms with Gasteiger partial charge < -0.3 is 4.57 Å². The van der Waals surface area contributed by atoms with E-state index in [9.17, 15) is 0 Å². The molecule has 0 saturated heterocycles. The second-order valence-electron chi connectivity index (χ2n) is 5.58. The molecule has 5 heteroatoms. The third kappa shape index (κ3) is 7.69. The summed E-state index contributed by atoms with van der Waals surface area (Å²) in [6.45, 7) is 3.29. The van der Waals surface area contributed by atoms with Gasteiger partial charge in [0, 0.05) is 39.9 Å². The Morgan fingerprint density at radius 3 is 2.70 bits per heavy atom. The Morgan fingerprint density at radius 2 is 2.00 bits per heavy atom. The van der Waals surface area contributed by atoms with Gasteiger partial charge in [-0.2, -0.15) is 11.8 Å². The Kier molecular flexibility index (Phi) is 9.02. The molecule has 126 valence electrons. The average Bonchev–Trinajstić information content (AvgIpc) is 3.06. The molecule has 0 aliphatic rings. The summed E-state index contributed by atoms with van der Waals surface area (Å²) in [5.41, 5.74) is 0. The minimum atomic E-state index is 0.603. The minimum absolute atomic E-state index is 0.603. The van der Waals surface area contributed by atoms with Crippen molar-refractivity contribution in [3.8, 4) is 0 Å². The molecule has 0 amide bonds. The maximum absolute atomic E-state index is 5.96. The molecule has 1 heterocycles. The molecule has 2 nitrogen and oxygen atoms in total. The molecule has 0 saturated carbocycles. The quantitative estimate of drug-likeness (QED) is 0.357. The normalized spacial score (nSPS) is 12.4. The first-order chi connectivity index (χ1) is 11.3. The highest BCUT2D eigenvalue weighted by Crippen LogP contribution is 2.26. The van der Waals surface area contributed by atoms with Gasteiger partial charge in [0.1, 0.15) is 0 Å². The highest BCUT2D eigenvalue weighted by molar-refractivity contribution is 8.03. The van der Waals surface area contributed by atoms with E-state index in [1.54, 1.807) is 0 Å². The fraction of sp³-hybridized carbons (Fsp3) is 0.500. The zero-order chi connectivity index (χ0) is 16.3. The van der Waals surface area contributed by atoms with Crippen molar-refractivity contribution < 1.29 is 0 Å². The second-order valence-corrected chi connectivity index (χ2v) is 8.52. The average molecular weight is 369 g/mol. The number of thioether (sulfide) groups is 2. The van der Waals surface area contributed by atoms with Gasteiger partial charge in [-0.3, -0.25) is 0 Å². The van der Waals surface area contributed by atoms with E-state index in [1.807, 2.05) is 36.4 Å². The van der Waals surface area contributed by atoms with Crippen LogP contribution in [0.3, 0.4) is 0 Å². The predicted octanol–water partition coefficient (Wildman–Crippen LogP) is 6.01. The van der Waals surface area contributed by atoms with Crippen LogP contribution in [0.1, 0.15) is 32.6 Å². The van der Waals surface area contributed by atoms with E-state index in [-0.39, 0.29) is 0 Å². The van der Waals surface area contributed by atoms with Crippen molar-refractivity contribution in [2.24, 2.45) is 0 Å². The van der Waals surface area contributed by atoms with Crippen molar-refractivity contribution in [1.29, 1.82) is 0 Å². The third-order valence-electron chi connectivity index (χ3n) is 3.57. The summed E-state index contributed by atoms with van der Waals surface area (Å²) in [6, 6.07) is 8.14. The van der Waals surface area contributed by atoms with Crippen LogP contribution in [-0.4, -0.2) is 26.3 Å². The maximum atomic E-state index is 5.96. The Bertz CT molecular complexity index is 528. The molecule has 0 radical (unpaired) electrons. The van der Waals surface area contributed by atoms with Gasteiger partial charge in [-0.05, 0) is 36.4 Å². The summed E-state index contributed by atoms with van der Waals surface area (Å²) < 4.78 is 2.19. The summed E-state index contributed by atoms with van der Waals surface area (Å²) in [6.07, 6.45) is 11.2. The highest BCUT2D eigenvalue weighted by Gasteiger charge is 2.11. The van der Waals surface area contributed by atoms with Crippen LogP contribution in [0, 0.1) is 0 Å². The summed E-state index contributed by atoms with van der Waals surface area (Å²) in [5, 5.41) is 1.40. The van der Waals surface area contributed by atoms with Crippen molar-refractivity contribution >= 4 is 35.1 Å². The van der Waals surface area contributed by atoms with Crippen LogP contribution in [-0.2, 0) is 6.54 Å². The van der Waals surface area contributed by atoms with Crippen molar-refractivity contribution in [3.63, 3.8) is 0 Å². The van der Waals surface area contributed by atoms with Crippen LogP contribution in [0.15, 0.2) is 47.9 Å². The molecule has 23 heavy (non-hydrogen) atoms. The predicted molar refractivity (Wildman–Crippen MR) is 105 cm³/mol. The SMILES string of the molecule is CCCCCCSC(CSc1ccc(Cl)cc1)Cn1ccnc1. The number of hydrogen-bond acceptors (Lipinski definition) is 3. The fourth-order valence-electron chi connectivity index (χ4n) is 2.28. The van der Waals surface area contributed by atoms with Gasteiger partial charge >= 0.3 is 0 Å². The van der Waals surface area contributed by atoms with E-state index in [4.69, 9.17) is 11.6 Å². The second kappa shape index (κ2) is 11.1. The number of halogens is 1. The molecule has 0 N–H and O–H groups in total. The van der Waals surface area contributed by atoms with Gasteiger partial charge in [-0.15, -0.1) is 11.8 Å². The highest BCUT2D eigenvalue weighted by atomic mass is 35.5. The van der Waals surface area contributed by atoms with Crippen LogP contribution in [0.25, 0.3) is 0 Å². The van der Waals surface area contributed by atoms with Crippen molar-refractivity contribution in [2.75, 3.05) is 11.5 Å². The summed E-state index contributed by atoms with van der Waals surface area (Å²) in [7, 11) is 0. The Hall–Kier alpha value is -0.580. The summed E-state index contributed by atoms with van der Waals surface area (Å²) in [4.78, 5) is 5.44. The maximum Gasteiger partial charge on any atom is 0.0946 e. The summed E-state index contributed by atoms with van der Waals surface area (Å²) in [5.74, 6) is 2.36. The molecule has 0 spiro atoms. The van der Waals surface area contributed by atoms with Gasteiger partial charge in [0.05, 0.1) is 6.33 Å². The molecule has 1 aromatic carbocycles. The smallest absolute Gasteiger partial charge is 0.0946 e. The molecule has 1 unspecified atom stereocenters. The monoisotopic (exact) mass is 368 g/mol. The molecule has 1 atom stereocenters. The van der Waals surface area contributed by atoms with E-state index in [1.165, 1.54) is 36.3 Å². The van der Waals surface area contributed by atoms with Crippen molar-refractivity contribution in [3.05, 3.63) is 48.0 Å². The van der Waals surface area contributed by atoms with Crippen LogP contribution in [0.5, 0.6) is 0 Å². The first kappa shape index (κ1) is 18.8. The lowest BCUT2D eigenvalue weighted by atomic mass is 10.2. The number of unbranched alkanes of at least 4 members (excludes halogenated alkanes) is 3. The Morgan fingerprint density at radius 1 is 1.17 bits per heavy atom. The first-order valence-corrected chi connectivity index (χ1v) is 10.6. The molecule has 0 bridgehead atoms. The van der Waals surface area contributed by atoms with Crippen molar-refractivity contribution in [1.82, 2.24) is 9.55 Å². The first-order valence-electron chi connectivity index (χ1n) is 8.23. The molecular weight excluding hydrogens is 344 g/mol. The van der Waals surface area contributed by atoms with Gasteiger partial charge in [0.25, 0.3) is 0 Å². The number of aromatic nitrogens is 2. The van der Waals surface area contributed by atoms with Crippen LogP contribution in [0.4, 0.5) is 0 Å². The van der Waals surface area contributed by atoms with Gasteiger partial charge in [0.15, 0.2) is 0 Å². The van der Waals surface area contributed by atoms with E-state index >= 15 is 0 Å². The number of hydrogen-bond donors (Lipinski definition) is 0. The minimum Gasteiger partial charge on any atom is -0.336 e. The number of benzene rings is 1. The van der Waals surface area contributed by atoms with Crippen molar-refractivity contribution in [2.45, 2.75) is 49.3 Å². The van der Waals surface area contributed by atoms with Crippen LogP contribution < -0.4 is 0 Å². The van der Waals surface area contributed by atoms with E-state index < -0.39 is 0 Å². The fourth-order valence-corrected chi connectivity index (χ4v) is 4.79. The lowest BCUT2D eigenvalue weighted by molar-refractivity contribution is 0.687. The largest absolute Gasteiger partial charge is 0.336 e. The number of imidazole rings is 1. The van der Waals surface area contributed by atoms with Crippen LogP contribution in [0.2, 0.25) is 5.02 Å². The molecule has 1 aromatic heterocycles. The third-order valence-corrected chi connectivity index (χ3v) is 6.52. The lowest BCUT2D eigenvalue weighted by Crippen LogP contribution is -2.15. The van der Waals surface area contributed by atoms with Gasteiger partial charge in [-0.25, -0.2) is 4.98 Å². The topological polar surface area (TPSA) is 17.8 Å².